The van der Waals surface area contributed by atoms with Crippen molar-refractivity contribution in [2.75, 3.05) is 20.3 Å². The lowest BCUT2D eigenvalue weighted by Gasteiger charge is -2.26. The second kappa shape index (κ2) is 6.18. The van der Waals surface area contributed by atoms with Crippen LogP contribution in [0.1, 0.15) is 17.1 Å². The first-order valence-electron chi connectivity index (χ1n) is 8.15. The minimum Gasteiger partial charge on any atom is -0.383 e. The fourth-order valence-corrected chi connectivity index (χ4v) is 3.47. The van der Waals surface area contributed by atoms with Crippen molar-refractivity contribution in [2.45, 2.75) is 26.1 Å². The molecule has 0 radical (unpaired) electrons. The molecule has 5 heteroatoms. The maximum Gasteiger partial charge on any atom is 0.122 e. The molecule has 1 N–H and O–H groups in total. The second-order valence-electron chi connectivity index (χ2n) is 6.12. The number of imidazole rings is 1. The van der Waals surface area contributed by atoms with Crippen molar-refractivity contribution < 1.29 is 4.74 Å². The van der Waals surface area contributed by atoms with E-state index in [1.807, 2.05) is 12.4 Å². The molecule has 0 atom stereocenters. The van der Waals surface area contributed by atoms with Gasteiger partial charge in [-0.15, -0.1) is 0 Å². The molecule has 0 spiro atoms. The number of rotatable bonds is 5. The Morgan fingerprint density at radius 2 is 2.22 bits per heavy atom. The van der Waals surface area contributed by atoms with Crippen molar-refractivity contribution in [1.29, 1.82) is 0 Å². The topological polar surface area (TPSA) is 46.1 Å². The lowest BCUT2D eigenvalue weighted by Crippen LogP contribution is -2.31. The highest BCUT2D eigenvalue weighted by Crippen LogP contribution is 2.27. The van der Waals surface area contributed by atoms with E-state index in [0.29, 0.717) is 0 Å². The zero-order valence-corrected chi connectivity index (χ0v) is 13.5. The number of fused-ring (bicyclic) bond motifs is 3. The lowest BCUT2D eigenvalue weighted by atomic mass is 10.0. The molecule has 3 heterocycles. The van der Waals surface area contributed by atoms with E-state index in [1.165, 1.54) is 22.2 Å². The van der Waals surface area contributed by atoms with Crippen LogP contribution in [0.4, 0.5) is 0 Å². The van der Waals surface area contributed by atoms with Gasteiger partial charge in [-0.2, -0.15) is 0 Å². The monoisotopic (exact) mass is 310 g/mol. The maximum absolute atomic E-state index is 5.17. The van der Waals surface area contributed by atoms with Crippen LogP contribution in [0.15, 0.2) is 36.7 Å². The Morgan fingerprint density at radius 1 is 1.30 bits per heavy atom. The number of benzene rings is 1. The van der Waals surface area contributed by atoms with Crippen LogP contribution in [-0.2, 0) is 30.8 Å². The number of aromatic nitrogens is 3. The van der Waals surface area contributed by atoms with Crippen LogP contribution in [-0.4, -0.2) is 39.7 Å². The van der Waals surface area contributed by atoms with E-state index < -0.39 is 0 Å². The first kappa shape index (κ1) is 14.5. The summed E-state index contributed by atoms with van der Waals surface area (Å²) in [4.78, 5) is 10.6. The third-order valence-corrected chi connectivity index (χ3v) is 4.66. The molecule has 120 valence electrons. The third kappa shape index (κ3) is 2.78. The fraction of sp³-hybridized carbons (Fsp3) is 0.389. The van der Waals surface area contributed by atoms with Crippen molar-refractivity contribution in [3.8, 4) is 0 Å². The van der Waals surface area contributed by atoms with Gasteiger partial charge in [0.1, 0.15) is 5.82 Å². The van der Waals surface area contributed by atoms with Crippen LogP contribution >= 0.6 is 0 Å². The van der Waals surface area contributed by atoms with Crippen molar-refractivity contribution >= 4 is 10.9 Å². The Morgan fingerprint density at radius 3 is 3.13 bits per heavy atom. The summed E-state index contributed by atoms with van der Waals surface area (Å²) in [5, 5.41) is 1.38. The highest BCUT2D eigenvalue weighted by molar-refractivity contribution is 5.84. The molecule has 0 fully saturated rings. The molecule has 0 bridgehead atoms. The predicted octanol–water partition coefficient (Wildman–Crippen LogP) is 2.57. The predicted molar refractivity (Wildman–Crippen MR) is 90.2 cm³/mol. The zero-order valence-electron chi connectivity index (χ0n) is 13.5. The Bertz CT molecular complexity index is 804. The Hall–Kier alpha value is -2.11. The third-order valence-electron chi connectivity index (χ3n) is 4.66. The van der Waals surface area contributed by atoms with E-state index in [2.05, 4.69) is 43.7 Å². The number of aromatic amines is 1. The highest BCUT2D eigenvalue weighted by atomic mass is 16.5. The molecule has 0 amide bonds. The van der Waals surface area contributed by atoms with E-state index in [4.69, 9.17) is 4.74 Å². The van der Waals surface area contributed by atoms with Crippen LogP contribution in [0, 0.1) is 0 Å². The second-order valence-corrected chi connectivity index (χ2v) is 6.12. The van der Waals surface area contributed by atoms with Crippen molar-refractivity contribution in [1.82, 2.24) is 19.4 Å². The molecule has 2 aromatic heterocycles. The fourth-order valence-electron chi connectivity index (χ4n) is 3.47. The average molecular weight is 310 g/mol. The van der Waals surface area contributed by atoms with E-state index in [-0.39, 0.29) is 0 Å². The molecular weight excluding hydrogens is 288 g/mol. The molecule has 23 heavy (non-hydrogen) atoms. The number of para-hydroxylation sites is 1. The molecule has 0 aliphatic carbocycles. The first-order valence-corrected chi connectivity index (χ1v) is 8.15. The zero-order chi connectivity index (χ0) is 15.6. The summed E-state index contributed by atoms with van der Waals surface area (Å²) < 4.78 is 7.36. The van der Waals surface area contributed by atoms with E-state index in [9.17, 15) is 0 Å². The SMILES string of the molecule is COCCn1ccnc1CN1CCc2c([nH]c3ccccc23)C1. The summed E-state index contributed by atoms with van der Waals surface area (Å²) in [7, 11) is 1.73. The number of H-pyrrole nitrogens is 1. The molecule has 1 aromatic carbocycles. The quantitative estimate of drug-likeness (QED) is 0.788. The summed E-state index contributed by atoms with van der Waals surface area (Å²) in [5.41, 5.74) is 4.09. The Kier molecular flexibility index (Phi) is 3.89. The number of methoxy groups -OCH3 is 1. The molecule has 0 saturated carbocycles. The van der Waals surface area contributed by atoms with Crippen LogP contribution in [0.25, 0.3) is 10.9 Å². The van der Waals surface area contributed by atoms with Crippen LogP contribution in [0.3, 0.4) is 0 Å². The van der Waals surface area contributed by atoms with E-state index in [1.54, 1.807) is 7.11 Å². The molecule has 0 saturated heterocycles. The Labute approximate surface area is 135 Å². The number of hydrogen-bond donors (Lipinski definition) is 1. The van der Waals surface area contributed by atoms with Crippen LogP contribution in [0.2, 0.25) is 0 Å². The first-order chi connectivity index (χ1) is 11.3. The molecule has 1 aliphatic heterocycles. The number of nitrogens with one attached hydrogen (secondary N) is 1. The summed E-state index contributed by atoms with van der Waals surface area (Å²) in [5.74, 6) is 1.11. The van der Waals surface area contributed by atoms with Crippen LogP contribution < -0.4 is 0 Å². The van der Waals surface area contributed by atoms with Gasteiger partial charge in [-0.05, 0) is 18.1 Å². The number of nitrogens with zero attached hydrogens (tertiary/aromatic N) is 3. The average Bonchev–Trinajstić information content (AvgIpc) is 3.16. The summed E-state index contributed by atoms with van der Waals surface area (Å²) in [6, 6.07) is 8.59. The normalized spacial score (nSPS) is 15.2. The van der Waals surface area contributed by atoms with Crippen molar-refractivity contribution in [3.63, 3.8) is 0 Å². The Balaban J connectivity index is 1.51. The van der Waals surface area contributed by atoms with Crippen LogP contribution in [0.5, 0.6) is 0 Å². The number of hydrogen-bond acceptors (Lipinski definition) is 3. The summed E-state index contributed by atoms with van der Waals surface area (Å²) >= 11 is 0. The van der Waals surface area contributed by atoms with E-state index in [0.717, 1.165) is 45.0 Å². The molecule has 5 nitrogen and oxygen atoms in total. The maximum atomic E-state index is 5.17. The van der Waals surface area contributed by atoms with Gasteiger partial charge in [0, 0.05) is 55.7 Å². The smallest absolute Gasteiger partial charge is 0.122 e. The van der Waals surface area contributed by atoms with Crippen molar-refractivity contribution in [2.24, 2.45) is 0 Å². The van der Waals surface area contributed by atoms with Crippen molar-refractivity contribution in [3.05, 3.63) is 53.7 Å². The molecule has 3 aromatic rings. The molecule has 0 unspecified atom stereocenters. The minimum absolute atomic E-state index is 0.718. The molecular formula is C18H22N4O. The van der Waals surface area contributed by atoms with Gasteiger partial charge in [-0.1, -0.05) is 18.2 Å². The van der Waals surface area contributed by atoms with Gasteiger partial charge in [-0.25, -0.2) is 4.98 Å². The van der Waals surface area contributed by atoms with Gasteiger partial charge in [0.2, 0.25) is 0 Å². The standard InChI is InChI=1S/C18H22N4O/c1-23-11-10-22-9-7-19-18(22)13-21-8-6-15-14-4-2-3-5-16(14)20-17(15)12-21/h2-5,7,9,20H,6,8,10-13H2,1H3. The molecule has 1 aliphatic rings. The summed E-state index contributed by atoms with van der Waals surface area (Å²) in [6.45, 7) is 4.49. The van der Waals surface area contributed by atoms with Gasteiger partial charge in [0.15, 0.2) is 0 Å². The van der Waals surface area contributed by atoms with Gasteiger partial charge in [0.05, 0.1) is 13.2 Å². The lowest BCUT2D eigenvalue weighted by molar-refractivity contribution is 0.182. The highest BCUT2D eigenvalue weighted by Gasteiger charge is 2.21. The summed E-state index contributed by atoms with van der Waals surface area (Å²) in [6.07, 6.45) is 5.01. The number of ether oxygens (including phenoxy) is 1. The van der Waals surface area contributed by atoms with Gasteiger partial charge >= 0.3 is 0 Å². The minimum atomic E-state index is 0.718. The van der Waals surface area contributed by atoms with Gasteiger partial charge < -0.3 is 14.3 Å². The van der Waals surface area contributed by atoms with E-state index >= 15 is 0 Å². The van der Waals surface area contributed by atoms with Gasteiger partial charge in [-0.3, -0.25) is 4.90 Å². The van der Waals surface area contributed by atoms with Gasteiger partial charge in [0.25, 0.3) is 0 Å². The molecule has 4 rings (SSSR count). The largest absolute Gasteiger partial charge is 0.383 e.